The van der Waals surface area contributed by atoms with Gasteiger partial charge in [0.1, 0.15) is 0 Å². The van der Waals surface area contributed by atoms with Crippen LogP contribution in [0.1, 0.15) is 25.3 Å². The first-order chi connectivity index (χ1) is 13.1. The maximum atomic E-state index is 11.8. The van der Waals surface area contributed by atoms with Gasteiger partial charge in [-0.1, -0.05) is 30.3 Å². The van der Waals surface area contributed by atoms with E-state index in [0.29, 0.717) is 31.2 Å². The van der Waals surface area contributed by atoms with Gasteiger partial charge in [0.15, 0.2) is 5.96 Å². The molecular formula is C20H33N5O2. The van der Waals surface area contributed by atoms with Crippen molar-refractivity contribution < 1.29 is 9.53 Å². The first kappa shape index (κ1) is 21.2. The van der Waals surface area contributed by atoms with Crippen LogP contribution in [-0.4, -0.2) is 69.2 Å². The Labute approximate surface area is 162 Å². The standard InChI is InChI=1S/C20H33N5O2/c1-16-13-18(9-11-25(16)15-17-7-5-4-6-8-17)24-20(21-2)23-14-19(26)22-10-12-27-3/h4-8,16,18H,9-15H2,1-3H3,(H,22,26)(H2,21,23,24). The number of piperidine rings is 1. The molecule has 0 bridgehead atoms. The van der Waals surface area contributed by atoms with E-state index >= 15 is 0 Å². The molecule has 27 heavy (non-hydrogen) atoms. The molecule has 7 nitrogen and oxygen atoms in total. The molecule has 7 heteroatoms. The van der Waals surface area contributed by atoms with E-state index in [4.69, 9.17) is 4.74 Å². The number of nitrogens with zero attached hydrogens (tertiary/aromatic N) is 2. The molecule has 0 saturated carbocycles. The lowest BCUT2D eigenvalue weighted by atomic mass is 9.97. The number of hydrogen-bond acceptors (Lipinski definition) is 4. The van der Waals surface area contributed by atoms with Gasteiger partial charge in [-0.15, -0.1) is 0 Å². The van der Waals surface area contributed by atoms with Gasteiger partial charge in [-0.2, -0.15) is 0 Å². The van der Waals surface area contributed by atoms with Crippen molar-refractivity contribution in [2.75, 3.05) is 40.4 Å². The summed E-state index contributed by atoms with van der Waals surface area (Å²) in [6.45, 7) is 5.53. The monoisotopic (exact) mass is 375 g/mol. The number of benzene rings is 1. The van der Waals surface area contributed by atoms with Crippen molar-refractivity contribution in [3.05, 3.63) is 35.9 Å². The number of rotatable bonds is 8. The number of amides is 1. The third-order valence-electron chi connectivity index (χ3n) is 4.85. The summed E-state index contributed by atoms with van der Waals surface area (Å²) in [4.78, 5) is 18.5. The Kier molecular flexibility index (Phi) is 9.07. The molecule has 1 amide bonds. The summed E-state index contributed by atoms with van der Waals surface area (Å²) >= 11 is 0. The van der Waals surface area contributed by atoms with Gasteiger partial charge in [-0.05, 0) is 25.3 Å². The summed E-state index contributed by atoms with van der Waals surface area (Å²) in [6.07, 6.45) is 2.10. The van der Waals surface area contributed by atoms with Gasteiger partial charge in [0.05, 0.1) is 13.2 Å². The van der Waals surface area contributed by atoms with E-state index in [0.717, 1.165) is 25.9 Å². The van der Waals surface area contributed by atoms with Gasteiger partial charge in [0, 0.05) is 45.9 Å². The number of likely N-dealkylation sites (tertiary alicyclic amines) is 1. The highest BCUT2D eigenvalue weighted by molar-refractivity contribution is 5.86. The fraction of sp³-hybridized carbons (Fsp3) is 0.600. The van der Waals surface area contributed by atoms with Gasteiger partial charge >= 0.3 is 0 Å². The molecule has 1 aromatic rings. The van der Waals surface area contributed by atoms with Crippen LogP contribution in [0.2, 0.25) is 0 Å². The van der Waals surface area contributed by atoms with Crippen LogP contribution in [0.5, 0.6) is 0 Å². The topological polar surface area (TPSA) is 78.0 Å². The molecule has 1 aliphatic heterocycles. The molecule has 150 valence electrons. The van der Waals surface area contributed by atoms with Crippen molar-refractivity contribution in [3.8, 4) is 0 Å². The maximum absolute atomic E-state index is 11.8. The van der Waals surface area contributed by atoms with E-state index in [1.165, 1.54) is 5.56 Å². The summed E-state index contributed by atoms with van der Waals surface area (Å²) in [5.41, 5.74) is 1.35. The first-order valence-corrected chi connectivity index (χ1v) is 9.63. The highest BCUT2D eigenvalue weighted by Gasteiger charge is 2.26. The summed E-state index contributed by atoms with van der Waals surface area (Å²) in [5, 5.41) is 9.32. The van der Waals surface area contributed by atoms with Crippen molar-refractivity contribution in [3.63, 3.8) is 0 Å². The zero-order chi connectivity index (χ0) is 19.5. The molecule has 1 saturated heterocycles. The van der Waals surface area contributed by atoms with E-state index in [1.54, 1.807) is 14.2 Å². The molecule has 3 N–H and O–H groups in total. The Morgan fingerprint density at radius 1 is 1.30 bits per heavy atom. The lowest BCUT2D eigenvalue weighted by molar-refractivity contribution is -0.120. The fourth-order valence-electron chi connectivity index (χ4n) is 3.31. The molecule has 0 spiro atoms. The molecule has 0 aromatic heterocycles. The largest absolute Gasteiger partial charge is 0.383 e. The molecule has 2 rings (SSSR count). The third-order valence-corrected chi connectivity index (χ3v) is 4.85. The minimum absolute atomic E-state index is 0.0685. The minimum atomic E-state index is -0.0685. The Bertz CT molecular complexity index is 593. The Hall–Kier alpha value is -2.12. The van der Waals surface area contributed by atoms with Crippen LogP contribution in [0, 0.1) is 0 Å². The molecule has 1 fully saturated rings. The zero-order valence-corrected chi connectivity index (χ0v) is 16.7. The number of aliphatic imine (C=N–C) groups is 1. The van der Waals surface area contributed by atoms with Crippen LogP contribution in [-0.2, 0) is 16.1 Å². The quantitative estimate of drug-likeness (QED) is 0.358. The predicted molar refractivity (Wildman–Crippen MR) is 109 cm³/mol. The van der Waals surface area contributed by atoms with E-state index in [1.807, 2.05) is 0 Å². The number of hydrogen-bond donors (Lipinski definition) is 3. The van der Waals surface area contributed by atoms with Gasteiger partial charge in [-0.25, -0.2) is 0 Å². The molecule has 0 radical (unpaired) electrons. The fourth-order valence-corrected chi connectivity index (χ4v) is 3.31. The average molecular weight is 376 g/mol. The maximum Gasteiger partial charge on any atom is 0.239 e. The number of methoxy groups -OCH3 is 1. The normalized spacial score (nSPS) is 20.9. The minimum Gasteiger partial charge on any atom is -0.383 e. The summed E-state index contributed by atoms with van der Waals surface area (Å²) < 4.78 is 4.92. The zero-order valence-electron chi connectivity index (χ0n) is 16.7. The Balaban J connectivity index is 1.73. The summed E-state index contributed by atoms with van der Waals surface area (Å²) in [7, 11) is 3.34. The van der Waals surface area contributed by atoms with E-state index in [2.05, 4.69) is 63.1 Å². The van der Waals surface area contributed by atoms with Crippen molar-refractivity contribution >= 4 is 11.9 Å². The molecule has 1 heterocycles. The summed E-state index contributed by atoms with van der Waals surface area (Å²) in [6, 6.07) is 11.5. The lowest BCUT2D eigenvalue weighted by Crippen LogP contribution is -2.52. The van der Waals surface area contributed by atoms with E-state index in [9.17, 15) is 4.79 Å². The van der Waals surface area contributed by atoms with Crippen LogP contribution < -0.4 is 16.0 Å². The van der Waals surface area contributed by atoms with Gasteiger partial charge < -0.3 is 20.7 Å². The smallest absolute Gasteiger partial charge is 0.239 e. The first-order valence-electron chi connectivity index (χ1n) is 9.63. The predicted octanol–water partition coefficient (Wildman–Crippen LogP) is 0.967. The second-order valence-corrected chi connectivity index (χ2v) is 6.94. The van der Waals surface area contributed by atoms with Gasteiger partial charge in [-0.3, -0.25) is 14.7 Å². The Morgan fingerprint density at radius 2 is 2.07 bits per heavy atom. The van der Waals surface area contributed by atoms with Crippen molar-refractivity contribution in [1.82, 2.24) is 20.9 Å². The number of carbonyl (C=O) groups is 1. The number of nitrogens with one attached hydrogen (secondary N) is 3. The van der Waals surface area contributed by atoms with E-state index in [-0.39, 0.29) is 12.5 Å². The van der Waals surface area contributed by atoms with Crippen molar-refractivity contribution in [2.45, 2.75) is 38.4 Å². The lowest BCUT2D eigenvalue weighted by Gasteiger charge is -2.38. The van der Waals surface area contributed by atoms with Crippen molar-refractivity contribution in [1.29, 1.82) is 0 Å². The van der Waals surface area contributed by atoms with Crippen LogP contribution in [0.4, 0.5) is 0 Å². The van der Waals surface area contributed by atoms with Gasteiger partial charge in [0.2, 0.25) is 5.91 Å². The van der Waals surface area contributed by atoms with Crippen LogP contribution in [0.15, 0.2) is 35.3 Å². The SMILES string of the molecule is CN=C(NCC(=O)NCCOC)NC1CCN(Cc2ccccc2)C(C)C1. The highest BCUT2D eigenvalue weighted by atomic mass is 16.5. The molecular weight excluding hydrogens is 342 g/mol. The molecule has 1 aromatic carbocycles. The van der Waals surface area contributed by atoms with Gasteiger partial charge in [0.25, 0.3) is 0 Å². The second-order valence-electron chi connectivity index (χ2n) is 6.94. The molecule has 2 unspecified atom stereocenters. The summed E-state index contributed by atoms with van der Waals surface area (Å²) in [5.74, 6) is 0.603. The highest BCUT2D eigenvalue weighted by Crippen LogP contribution is 2.19. The second kappa shape index (κ2) is 11.6. The average Bonchev–Trinajstić information content (AvgIpc) is 2.68. The molecule has 2 atom stereocenters. The Morgan fingerprint density at radius 3 is 2.74 bits per heavy atom. The number of ether oxygens (including phenoxy) is 1. The van der Waals surface area contributed by atoms with E-state index < -0.39 is 0 Å². The number of guanidine groups is 1. The molecule has 0 aliphatic carbocycles. The number of carbonyl (C=O) groups excluding carboxylic acids is 1. The molecule has 1 aliphatic rings. The van der Waals surface area contributed by atoms with Crippen LogP contribution in [0.3, 0.4) is 0 Å². The van der Waals surface area contributed by atoms with Crippen LogP contribution >= 0.6 is 0 Å². The van der Waals surface area contributed by atoms with Crippen molar-refractivity contribution in [2.24, 2.45) is 4.99 Å². The van der Waals surface area contributed by atoms with Crippen LogP contribution in [0.25, 0.3) is 0 Å². The third kappa shape index (κ3) is 7.56.